The van der Waals surface area contributed by atoms with Gasteiger partial charge in [0.05, 0.1) is 0 Å². The van der Waals surface area contributed by atoms with Crippen LogP contribution in [0.1, 0.15) is 50.5 Å². The van der Waals surface area contributed by atoms with Gasteiger partial charge in [0.1, 0.15) is 11.6 Å². The van der Waals surface area contributed by atoms with Gasteiger partial charge in [-0.3, -0.25) is 0 Å². The van der Waals surface area contributed by atoms with E-state index in [-0.39, 0.29) is 0 Å². The Kier molecular flexibility index (Phi) is 2.57. The third-order valence-corrected chi connectivity index (χ3v) is 4.08. The lowest BCUT2D eigenvalue weighted by Gasteiger charge is -2.28. The minimum absolute atomic E-state index is 0.411. The highest BCUT2D eigenvalue weighted by atomic mass is 15.3. The molecule has 0 aromatic carbocycles. The molecule has 0 N–H and O–H groups in total. The average molecular weight is 231 g/mol. The Balaban J connectivity index is 1.92. The second-order valence-corrected chi connectivity index (χ2v) is 5.87. The van der Waals surface area contributed by atoms with Crippen LogP contribution in [0, 0.1) is 12.8 Å². The zero-order valence-corrected chi connectivity index (χ0v) is 11.0. The van der Waals surface area contributed by atoms with Gasteiger partial charge >= 0.3 is 0 Å². The van der Waals surface area contributed by atoms with E-state index >= 15 is 0 Å². The van der Waals surface area contributed by atoms with Crippen LogP contribution in [-0.2, 0) is 0 Å². The van der Waals surface area contributed by atoms with Gasteiger partial charge in [-0.2, -0.15) is 0 Å². The lowest BCUT2D eigenvalue weighted by Crippen LogP contribution is -2.33. The van der Waals surface area contributed by atoms with E-state index in [2.05, 4.69) is 36.7 Å². The van der Waals surface area contributed by atoms with E-state index in [9.17, 15) is 0 Å². The molecule has 2 aliphatic rings. The van der Waals surface area contributed by atoms with Crippen molar-refractivity contribution in [2.45, 2.75) is 52.0 Å². The maximum atomic E-state index is 4.75. The Morgan fingerprint density at radius 2 is 2.12 bits per heavy atom. The average Bonchev–Trinajstić information content (AvgIpc) is 2.89. The zero-order valence-electron chi connectivity index (χ0n) is 11.0. The summed E-state index contributed by atoms with van der Waals surface area (Å²) in [6, 6.07) is 2.89. The summed E-state index contributed by atoms with van der Waals surface area (Å²) in [6.45, 7) is 7.60. The first-order valence-electron chi connectivity index (χ1n) is 6.75. The molecule has 1 aromatic heterocycles. The van der Waals surface area contributed by atoms with Crippen LogP contribution >= 0.6 is 0 Å². The largest absolute Gasteiger partial charge is 0.353 e. The second kappa shape index (κ2) is 3.97. The molecule has 1 saturated carbocycles. The van der Waals surface area contributed by atoms with Crippen molar-refractivity contribution >= 4 is 5.82 Å². The minimum atomic E-state index is 0.411. The topological polar surface area (TPSA) is 29.0 Å². The number of anilines is 1. The number of hydrogen-bond acceptors (Lipinski definition) is 3. The third-order valence-electron chi connectivity index (χ3n) is 4.08. The fourth-order valence-corrected chi connectivity index (χ4v) is 3.19. The predicted molar refractivity (Wildman–Crippen MR) is 69.3 cm³/mol. The molecule has 1 aliphatic heterocycles. The molecule has 2 unspecified atom stereocenters. The standard InChI is InChI=1S/C14H21N3/c1-9(2)14-15-10(3)6-13(16-14)17-8-11-4-5-12(17)7-11/h6,9,11-12H,4-5,7-8H2,1-3H3. The van der Waals surface area contributed by atoms with Crippen LogP contribution in [0.15, 0.2) is 6.07 Å². The lowest BCUT2D eigenvalue weighted by atomic mass is 10.1. The van der Waals surface area contributed by atoms with E-state index < -0.39 is 0 Å². The third kappa shape index (κ3) is 1.92. The predicted octanol–water partition coefficient (Wildman–Crippen LogP) is 2.90. The summed E-state index contributed by atoms with van der Waals surface area (Å²) in [5.41, 5.74) is 1.10. The Morgan fingerprint density at radius 1 is 1.29 bits per heavy atom. The second-order valence-electron chi connectivity index (χ2n) is 5.87. The van der Waals surface area contributed by atoms with Gasteiger partial charge in [-0.25, -0.2) is 9.97 Å². The molecule has 3 nitrogen and oxygen atoms in total. The molecule has 0 spiro atoms. The summed E-state index contributed by atoms with van der Waals surface area (Å²) in [6.07, 6.45) is 4.15. The van der Waals surface area contributed by atoms with E-state index in [1.165, 1.54) is 25.8 Å². The van der Waals surface area contributed by atoms with Gasteiger partial charge in [-0.05, 0) is 32.1 Å². The van der Waals surface area contributed by atoms with Crippen molar-refractivity contribution in [1.82, 2.24) is 9.97 Å². The molecule has 1 saturated heterocycles. The molecule has 2 bridgehead atoms. The highest BCUT2D eigenvalue weighted by molar-refractivity contribution is 5.43. The first-order valence-corrected chi connectivity index (χ1v) is 6.75. The number of nitrogens with zero attached hydrogens (tertiary/aromatic N) is 3. The van der Waals surface area contributed by atoms with Crippen molar-refractivity contribution in [3.05, 3.63) is 17.6 Å². The molecule has 3 heteroatoms. The van der Waals surface area contributed by atoms with Gasteiger partial charge in [0.15, 0.2) is 0 Å². The molecule has 0 radical (unpaired) electrons. The van der Waals surface area contributed by atoms with Crippen LogP contribution in [0.4, 0.5) is 5.82 Å². The van der Waals surface area contributed by atoms with Gasteiger partial charge in [0, 0.05) is 30.3 Å². The highest BCUT2D eigenvalue weighted by Gasteiger charge is 2.38. The number of aryl methyl sites for hydroxylation is 1. The van der Waals surface area contributed by atoms with Crippen molar-refractivity contribution in [2.24, 2.45) is 5.92 Å². The van der Waals surface area contributed by atoms with Gasteiger partial charge in [-0.15, -0.1) is 0 Å². The van der Waals surface area contributed by atoms with Gasteiger partial charge in [0.2, 0.25) is 0 Å². The van der Waals surface area contributed by atoms with Crippen LogP contribution in [0.5, 0.6) is 0 Å². The fourth-order valence-electron chi connectivity index (χ4n) is 3.19. The summed E-state index contributed by atoms with van der Waals surface area (Å²) >= 11 is 0. The summed E-state index contributed by atoms with van der Waals surface area (Å²) in [4.78, 5) is 11.8. The minimum Gasteiger partial charge on any atom is -0.353 e. The molecule has 1 aromatic rings. The summed E-state index contributed by atoms with van der Waals surface area (Å²) in [5, 5.41) is 0. The fraction of sp³-hybridized carbons (Fsp3) is 0.714. The van der Waals surface area contributed by atoms with E-state index in [0.717, 1.165) is 29.3 Å². The molecular weight excluding hydrogens is 210 g/mol. The van der Waals surface area contributed by atoms with E-state index in [1.54, 1.807) is 0 Å². The molecule has 2 heterocycles. The molecule has 3 rings (SSSR count). The first kappa shape index (κ1) is 11.0. The number of rotatable bonds is 2. The van der Waals surface area contributed by atoms with Gasteiger partial charge in [-0.1, -0.05) is 13.8 Å². The molecule has 2 fully saturated rings. The van der Waals surface area contributed by atoms with Crippen LogP contribution < -0.4 is 4.90 Å². The van der Waals surface area contributed by atoms with E-state index in [4.69, 9.17) is 4.98 Å². The molecular formula is C14H21N3. The van der Waals surface area contributed by atoms with Gasteiger partial charge < -0.3 is 4.90 Å². The maximum Gasteiger partial charge on any atom is 0.133 e. The Morgan fingerprint density at radius 3 is 2.71 bits per heavy atom. The van der Waals surface area contributed by atoms with Crippen molar-refractivity contribution in [1.29, 1.82) is 0 Å². The molecule has 1 aliphatic carbocycles. The quantitative estimate of drug-likeness (QED) is 0.783. The Bertz CT molecular complexity index is 427. The summed E-state index contributed by atoms with van der Waals surface area (Å²) in [5.74, 6) is 3.47. The molecule has 17 heavy (non-hydrogen) atoms. The summed E-state index contributed by atoms with van der Waals surface area (Å²) < 4.78 is 0. The van der Waals surface area contributed by atoms with Crippen molar-refractivity contribution in [3.63, 3.8) is 0 Å². The molecule has 92 valence electrons. The van der Waals surface area contributed by atoms with Crippen molar-refractivity contribution in [3.8, 4) is 0 Å². The van der Waals surface area contributed by atoms with Crippen LogP contribution in [0.2, 0.25) is 0 Å². The van der Waals surface area contributed by atoms with Crippen molar-refractivity contribution in [2.75, 3.05) is 11.4 Å². The van der Waals surface area contributed by atoms with Crippen LogP contribution in [-0.4, -0.2) is 22.6 Å². The normalized spacial score (nSPS) is 27.2. The maximum absolute atomic E-state index is 4.75. The number of piperidine rings is 1. The van der Waals surface area contributed by atoms with Gasteiger partial charge in [0.25, 0.3) is 0 Å². The molecule has 2 atom stereocenters. The van der Waals surface area contributed by atoms with Crippen LogP contribution in [0.25, 0.3) is 0 Å². The number of hydrogen-bond donors (Lipinski definition) is 0. The van der Waals surface area contributed by atoms with E-state index in [1.807, 2.05) is 0 Å². The highest BCUT2D eigenvalue weighted by Crippen LogP contribution is 2.39. The Hall–Kier alpha value is -1.12. The zero-order chi connectivity index (χ0) is 12.0. The monoisotopic (exact) mass is 231 g/mol. The summed E-state index contributed by atoms with van der Waals surface area (Å²) in [7, 11) is 0. The Labute approximate surface area is 103 Å². The molecule has 0 amide bonds. The van der Waals surface area contributed by atoms with Crippen LogP contribution in [0.3, 0.4) is 0 Å². The number of aromatic nitrogens is 2. The SMILES string of the molecule is Cc1cc(N2CC3CCC2C3)nc(C(C)C)n1. The van der Waals surface area contributed by atoms with E-state index in [0.29, 0.717) is 5.92 Å². The van der Waals surface area contributed by atoms with Crippen molar-refractivity contribution < 1.29 is 0 Å². The number of fused-ring (bicyclic) bond motifs is 2. The lowest BCUT2D eigenvalue weighted by molar-refractivity contribution is 0.548. The first-order chi connectivity index (χ1) is 8.13. The smallest absolute Gasteiger partial charge is 0.133 e.